The van der Waals surface area contributed by atoms with Crippen molar-refractivity contribution in [2.75, 3.05) is 7.05 Å². The second-order valence-corrected chi connectivity index (χ2v) is 4.94. The number of aromatic nitrogens is 2. The van der Waals surface area contributed by atoms with E-state index in [4.69, 9.17) is 11.6 Å². The van der Waals surface area contributed by atoms with E-state index in [1.54, 1.807) is 17.5 Å². The summed E-state index contributed by atoms with van der Waals surface area (Å²) < 4.78 is 0. The molecule has 5 heteroatoms. The standard InChI is InChI=1S/C11H12ClN3S/c1-7-10(6-13-2)16-11(15-7)9-4-3-8(12)5-14-9/h3-5,13H,6H2,1-2H3. The summed E-state index contributed by atoms with van der Waals surface area (Å²) in [4.78, 5) is 10.0. The third-order valence-electron chi connectivity index (χ3n) is 2.18. The molecule has 0 aliphatic rings. The van der Waals surface area contributed by atoms with Crippen LogP contribution in [0.2, 0.25) is 5.02 Å². The van der Waals surface area contributed by atoms with Gasteiger partial charge in [0.2, 0.25) is 0 Å². The Morgan fingerprint density at radius 3 is 2.88 bits per heavy atom. The minimum absolute atomic E-state index is 0.646. The molecule has 84 valence electrons. The highest BCUT2D eigenvalue weighted by atomic mass is 35.5. The summed E-state index contributed by atoms with van der Waals surface area (Å²) >= 11 is 7.46. The van der Waals surface area contributed by atoms with Gasteiger partial charge in [0.05, 0.1) is 16.4 Å². The molecule has 2 aromatic rings. The Balaban J connectivity index is 2.33. The van der Waals surface area contributed by atoms with Gasteiger partial charge in [-0.2, -0.15) is 0 Å². The third-order valence-corrected chi connectivity index (χ3v) is 3.58. The second kappa shape index (κ2) is 4.91. The highest BCUT2D eigenvalue weighted by molar-refractivity contribution is 7.15. The average Bonchev–Trinajstić information content (AvgIpc) is 2.62. The molecule has 3 nitrogen and oxygen atoms in total. The molecule has 0 spiro atoms. The highest BCUT2D eigenvalue weighted by Gasteiger charge is 2.09. The molecule has 2 rings (SSSR count). The monoisotopic (exact) mass is 253 g/mol. The lowest BCUT2D eigenvalue weighted by Crippen LogP contribution is -2.04. The molecule has 0 fully saturated rings. The number of hydrogen-bond donors (Lipinski definition) is 1. The summed E-state index contributed by atoms with van der Waals surface area (Å²) in [6, 6.07) is 3.72. The maximum atomic E-state index is 5.80. The lowest BCUT2D eigenvalue weighted by Gasteiger charge is -1.94. The van der Waals surface area contributed by atoms with Gasteiger partial charge < -0.3 is 5.32 Å². The summed E-state index contributed by atoms with van der Waals surface area (Å²) in [7, 11) is 1.93. The summed E-state index contributed by atoms with van der Waals surface area (Å²) in [6.45, 7) is 2.86. The molecular formula is C11H12ClN3S. The molecule has 0 unspecified atom stereocenters. The maximum Gasteiger partial charge on any atom is 0.142 e. The molecule has 0 bridgehead atoms. The van der Waals surface area contributed by atoms with Crippen molar-refractivity contribution in [3.63, 3.8) is 0 Å². The number of hydrogen-bond acceptors (Lipinski definition) is 4. The number of nitrogens with zero attached hydrogens (tertiary/aromatic N) is 2. The lowest BCUT2D eigenvalue weighted by atomic mass is 10.3. The average molecular weight is 254 g/mol. The molecule has 0 aromatic carbocycles. The zero-order valence-corrected chi connectivity index (χ0v) is 10.7. The first-order chi connectivity index (χ1) is 7.70. The van der Waals surface area contributed by atoms with Crippen LogP contribution in [0.4, 0.5) is 0 Å². The van der Waals surface area contributed by atoms with Crippen LogP contribution in [0.1, 0.15) is 10.6 Å². The summed E-state index contributed by atoms with van der Waals surface area (Å²) in [5.74, 6) is 0. The Morgan fingerprint density at radius 1 is 1.44 bits per heavy atom. The number of aryl methyl sites for hydroxylation is 1. The van der Waals surface area contributed by atoms with E-state index in [-0.39, 0.29) is 0 Å². The molecular weight excluding hydrogens is 242 g/mol. The van der Waals surface area contributed by atoms with Crippen LogP contribution >= 0.6 is 22.9 Å². The second-order valence-electron chi connectivity index (χ2n) is 3.42. The van der Waals surface area contributed by atoms with Crippen molar-refractivity contribution < 1.29 is 0 Å². The van der Waals surface area contributed by atoms with Gasteiger partial charge in [-0.15, -0.1) is 11.3 Å². The van der Waals surface area contributed by atoms with E-state index in [1.165, 1.54) is 4.88 Å². The van der Waals surface area contributed by atoms with Crippen LogP contribution in [0.15, 0.2) is 18.3 Å². The van der Waals surface area contributed by atoms with Gasteiger partial charge in [-0.3, -0.25) is 4.98 Å². The van der Waals surface area contributed by atoms with Crippen molar-refractivity contribution in [3.8, 4) is 10.7 Å². The lowest BCUT2D eigenvalue weighted by molar-refractivity contribution is 0.823. The van der Waals surface area contributed by atoms with Gasteiger partial charge in [-0.05, 0) is 26.1 Å². The highest BCUT2D eigenvalue weighted by Crippen LogP contribution is 2.26. The zero-order valence-electron chi connectivity index (χ0n) is 9.12. The van der Waals surface area contributed by atoms with Crippen molar-refractivity contribution in [2.45, 2.75) is 13.5 Å². The summed E-state index contributed by atoms with van der Waals surface area (Å²) in [5, 5.41) is 4.72. The molecule has 1 N–H and O–H groups in total. The van der Waals surface area contributed by atoms with Crippen LogP contribution in [0.5, 0.6) is 0 Å². The Morgan fingerprint density at radius 2 is 2.25 bits per heavy atom. The molecule has 0 radical (unpaired) electrons. The first-order valence-electron chi connectivity index (χ1n) is 4.93. The number of rotatable bonds is 3. The molecule has 2 aromatic heterocycles. The Bertz CT molecular complexity index is 478. The largest absolute Gasteiger partial charge is 0.315 e. The number of thiazole rings is 1. The fourth-order valence-electron chi connectivity index (χ4n) is 1.36. The van der Waals surface area contributed by atoms with Crippen molar-refractivity contribution in [2.24, 2.45) is 0 Å². The summed E-state index contributed by atoms with van der Waals surface area (Å²) in [6.07, 6.45) is 1.64. The fraction of sp³-hybridized carbons (Fsp3) is 0.273. The first-order valence-corrected chi connectivity index (χ1v) is 6.13. The Labute approximate surface area is 104 Å². The quantitative estimate of drug-likeness (QED) is 0.914. The van der Waals surface area contributed by atoms with Crippen LogP contribution < -0.4 is 5.32 Å². The minimum atomic E-state index is 0.646. The Kier molecular flexibility index (Phi) is 3.53. The van der Waals surface area contributed by atoms with E-state index >= 15 is 0 Å². The van der Waals surface area contributed by atoms with E-state index in [0.29, 0.717) is 5.02 Å². The van der Waals surface area contributed by atoms with E-state index < -0.39 is 0 Å². The molecule has 16 heavy (non-hydrogen) atoms. The molecule has 0 atom stereocenters. The molecule has 2 heterocycles. The predicted octanol–water partition coefficient (Wildman–Crippen LogP) is 2.89. The smallest absolute Gasteiger partial charge is 0.142 e. The van der Waals surface area contributed by atoms with Gasteiger partial charge in [0.25, 0.3) is 0 Å². The van der Waals surface area contributed by atoms with E-state index in [0.717, 1.165) is 22.9 Å². The normalized spacial score (nSPS) is 10.7. The molecule has 0 aliphatic carbocycles. The van der Waals surface area contributed by atoms with Gasteiger partial charge in [-0.25, -0.2) is 4.98 Å². The maximum absolute atomic E-state index is 5.80. The van der Waals surface area contributed by atoms with Crippen molar-refractivity contribution in [1.29, 1.82) is 0 Å². The SMILES string of the molecule is CNCc1sc(-c2ccc(Cl)cn2)nc1C. The van der Waals surface area contributed by atoms with Crippen LogP contribution in [-0.4, -0.2) is 17.0 Å². The van der Waals surface area contributed by atoms with Crippen LogP contribution in [-0.2, 0) is 6.54 Å². The Hall–Kier alpha value is -0.970. The van der Waals surface area contributed by atoms with Gasteiger partial charge in [0.15, 0.2) is 0 Å². The molecule has 0 saturated heterocycles. The molecule has 0 saturated carbocycles. The van der Waals surface area contributed by atoms with E-state index in [1.807, 2.05) is 26.1 Å². The van der Waals surface area contributed by atoms with Crippen molar-refractivity contribution in [3.05, 3.63) is 33.9 Å². The van der Waals surface area contributed by atoms with Crippen LogP contribution in [0, 0.1) is 6.92 Å². The van der Waals surface area contributed by atoms with Gasteiger partial charge >= 0.3 is 0 Å². The third kappa shape index (κ3) is 2.40. The van der Waals surface area contributed by atoms with E-state index in [9.17, 15) is 0 Å². The molecule has 0 aliphatic heterocycles. The molecule has 0 amide bonds. The fourth-order valence-corrected chi connectivity index (χ4v) is 2.53. The number of nitrogens with one attached hydrogen (secondary N) is 1. The van der Waals surface area contributed by atoms with Crippen molar-refractivity contribution >= 4 is 22.9 Å². The first kappa shape index (κ1) is 11.5. The van der Waals surface area contributed by atoms with Gasteiger partial charge in [-0.1, -0.05) is 11.6 Å². The minimum Gasteiger partial charge on any atom is -0.315 e. The van der Waals surface area contributed by atoms with Gasteiger partial charge in [0, 0.05) is 17.6 Å². The summed E-state index contributed by atoms with van der Waals surface area (Å²) in [5.41, 5.74) is 1.94. The topological polar surface area (TPSA) is 37.8 Å². The number of halogens is 1. The zero-order chi connectivity index (χ0) is 11.5. The van der Waals surface area contributed by atoms with E-state index in [2.05, 4.69) is 15.3 Å². The van der Waals surface area contributed by atoms with Crippen LogP contribution in [0.25, 0.3) is 10.7 Å². The number of pyridine rings is 1. The van der Waals surface area contributed by atoms with Gasteiger partial charge in [0.1, 0.15) is 5.01 Å². The predicted molar refractivity (Wildman–Crippen MR) is 67.9 cm³/mol. The van der Waals surface area contributed by atoms with Crippen molar-refractivity contribution in [1.82, 2.24) is 15.3 Å². The van der Waals surface area contributed by atoms with Crippen LogP contribution in [0.3, 0.4) is 0 Å².